The smallest absolute Gasteiger partial charge is 0.471 e. The Hall–Kier alpha value is -2.12. The zero-order valence-corrected chi connectivity index (χ0v) is 10.6. The van der Waals surface area contributed by atoms with Crippen molar-refractivity contribution in [3.63, 3.8) is 0 Å². The predicted molar refractivity (Wildman–Crippen MR) is 65.0 cm³/mol. The molecule has 2 N–H and O–H groups in total. The van der Waals surface area contributed by atoms with E-state index >= 15 is 0 Å². The van der Waals surface area contributed by atoms with Gasteiger partial charge >= 0.3 is 12.1 Å². The summed E-state index contributed by atoms with van der Waals surface area (Å²) in [6.07, 6.45) is -4.88. The number of nitrogens with one attached hydrogen (secondary N) is 2. The lowest BCUT2D eigenvalue weighted by atomic mass is 10.2. The Morgan fingerprint density at radius 1 is 1.55 bits per heavy atom. The summed E-state index contributed by atoms with van der Waals surface area (Å²) in [4.78, 5) is 10.7. The van der Waals surface area contributed by atoms with Crippen molar-refractivity contribution in [2.24, 2.45) is 0 Å². The van der Waals surface area contributed by atoms with Crippen LogP contribution in [0.3, 0.4) is 0 Å². The Labute approximate surface area is 113 Å². The summed E-state index contributed by atoms with van der Waals surface area (Å²) in [6, 6.07) is 4.64. The van der Waals surface area contributed by atoms with Crippen LogP contribution in [0, 0.1) is 0 Å². The fraction of sp³-hybridized carbons (Fsp3) is 0.417. The van der Waals surface area contributed by atoms with Gasteiger partial charge in [-0.1, -0.05) is 0 Å². The molecule has 0 saturated carbocycles. The minimum atomic E-state index is -4.88. The van der Waals surface area contributed by atoms with Gasteiger partial charge in [0.1, 0.15) is 18.1 Å². The van der Waals surface area contributed by atoms with Crippen molar-refractivity contribution in [1.82, 2.24) is 5.32 Å². The molecule has 0 saturated heterocycles. The van der Waals surface area contributed by atoms with E-state index in [1.54, 1.807) is 18.2 Å². The van der Waals surface area contributed by atoms with Crippen molar-refractivity contribution in [2.45, 2.75) is 12.2 Å². The number of anilines is 1. The highest BCUT2D eigenvalue weighted by molar-refractivity contribution is 5.81. The first-order chi connectivity index (χ1) is 9.40. The fourth-order valence-corrected chi connectivity index (χ4v) is 1.75. The number of carbonyl (C=O) groups excluding carboxylic acids is 1. The summed E-state index contributed by atoms with van der Waals surface area (Å²) < 4.78 is 46.6. The zero-order valence-electron chi connectivity index (χ0n) is 10.6. The Bertz CT molecular complexity index is 505. The molecule has 1 aromatic rings. The number of methoxy groups -OCH3 is 1. The van der Waals surface area contributed by atoms with Gasteiger partial charge < -0.3 is 20.1 Å². The summed E-state index contributed by atoms with van der Waals surface area (Å²) in [7, 11) is 1.51. The number of halogens is 3. The van der Waals surface area contributed by atoms with Crippen LogP contribution < -0.4 is 20.1 Å². The second-order valence-electron chi connectivity index (χ2n) is 4.22. The molecule has 1 aromatic carbocycles. The number of fused-ring (bicyclic) bond motifs is 1. The summed E-state index contributed by atoms with van der Waals surface area (Å²) in [5, 5.41) is 4.81. The van der Waals surface area contributed by atoms with Crippen molar-refractivity contribution >= 4 is 11.6 Å². The van der Waals surface area contributed by atoms with Gasteiger partial charge in [-0.15, -0.1) is 0 Å². The van der Waals surface area contributed by atoms with E-state index in [1.807, 2.05) is 5.32 Å². The summed E-state index contributed by atoms with van der Waals surface area (Å²) in [5.41, 5.74) is 0.613. The number of rotatable bonds is 3. The minimum Gasteiger partial charge on any atom is -0.497 e. The number of carbonyl (C=O) groups is 1. The van der Waals surface area contributed by atoms with E-state index < -0.39 is 18.1 Å². The average Bonchev–Trinajstić information content (AvgIpc) is 2.42. The van der Waals surface area contributed by atoms with Gasteiger partial charge in [0.05, 0.1) is 18.8 Å². The number of hydrogen-bond acceptors (Lipinski definition) is 4. The van der Waals surface area contributed by atoms with E-state index in [-0.39, 0.29) is 13.2 Å². The first-order valence-corrected chi connectivity index (χ1v) is 5.82. The van der Waals surface area contributed by atoms with Gasteiger partial charge in [-0.2, -0.15) is 13.2 Å². The zero-order chi connectivity index (χ0) is 14.8. The molecule has 1 amide bonds. The highest BCUT2D eigenvalue weighted by atomic mass is 19.4. The Morgan fingerprint density at radius 2 is 2.30 bits per heavy atom. The molecular weight excluding hydrogens is 277 g/mol. The van der Waals surface area contributed by atoms with Gasteiger partial charge in [-0.05, 0) is 12.1 Å². The lowest BCUT2D eigenvalue weighted by molar-refractivity contribution is -0.173. The van der Waals surface area contributed by atoms with Crippen LogP contribution in [0.25, 0.3) is 0 Å². The Morgan fingerprint density at radius 3 is 2.95 bits per heavy atom. The maximum Gasteiger partial charge on any atom is 0.471 e. The number of hydrogen-bond donors (Lipinski definition) is 2. The summed E-state index contributed by atoms with van der Waals surface area (Å²) in [5.74, 6) is -0.778. The Balaban J connectivity index is 1.95. The van der Waals surface area contributed by atoms with Crippen LogP contribution >= 0.6 is 0 Å². The van der Waals surface area contributed by atoms with Gasteiger partial charge in [0, 0.05) is 12.6 Å². The van der Waals surface area contributed by atoms with E-state index in [0.717, 1.165) is 0 Å². The van der Waals surface area contributed by atoms with E-state index in [0.29, 0.717) is 17.2 Å². The van der Waals surface area contributed by atoms with Crippen LogP contribution in [-0.4, -0.2) is 38.4 Å². The monoisotopic (exact) mass is 290 g/mol. The number of amides is 1. The molecule has 0 bridgehead atoms. The van der Waals surface area contributed by atoms with E-state index in [4.69, 9.17) is 9.47 Å². The van der Waals surface area contributed by atoms with Crippen LogP contribution in [0.1, 0.15) is 0 Å². The third kappa shape index (κ3) is 3.25. The number of benzene rings is 1. The van der Waals surface area contributed by atoms with Gasteiger partial charge in [-0.25, -0.2) is 0 Å². The standard InChI is InChI=1S/C12H13F3N2O3/c1-19-8-2-3-10-9(4-8)17-7(6-20-10)5-16-11(18)12(13,14)15/h2-4,7,17H,5-6H2,1H3,(H,16,18). The molecule has 1 heterocycles. The van der Waals surface area contributed by atoms with Crippen LogP contribution in [-0.2, 0) is 4.79 Å². The topological polar surface area (TPSA) is 59.6 Å². The molecule has 8 heteroatoms. The molecular formula is C12H13F3N2O3. The fourth-order valence-electron chi connectivity index (χ4n) is 1.75. The maximum absolute atomic E-state index is 12.1. The van der Waals surface area contributed by atoms with Crippen LogP contribution in [0.5, 0.6) is 11.5 Å². The molecule has 0 aliphatic carbocycles. The van der Waals surface area contributed by atoms with Crippen molar-refractivity contribution in [1.29, 1.82) is 0 Å². The molecule has 2 rings (SSSR count). The lowest BCUT2D eigenvalue weighted by Crippen LogP contribution is -2.46. The van der Waals surface area contributed by atoms with Crippen molar-refractivity contribution in [2.75, 3.05) is 25.6 Å². The molecule has 1 atom stereocenters. The van der Waals surface area contributed by atoms with Gasteiger partial charge in [0.2, 0.25) is 0 Å². The molecule has 110 valence electrons. The van der Waals surface area contributed by atoms with Crippen molar-refractivity contribution < 1.29 is 27.4 Å². The Kier molecular flexibility index (Phi) is 3.91. The number of alkyl halides is 3. The SMILES string of the molecule is COc1ccc2c(c1)NC(CNC(=O)C(F)(F)F)CO2. The second kappa shape index (κ2) is 5.48. The lowest BCUT2D eigenvalue weighted by Gasteiger charge is -2.28. The van der Waals surface area contributed by atoms with Gasteiger partial charge in [0.15, 0.2) is 0 Å². The first-order valence-electron chi connectivity index (χ1n) is 5.82. The molecule has 0 aromatic heterocycles. The molecule has 0 fully saturated rings. The van der Waals surface area contributed by atoms with E-state index in [1.165, 1.54) is 7.11 Å². The molecule has 0 radical (unpaired) electrons. The van der Waals surface area contributed by atoms with Crippen molar-refractivity contribution in [3.05, 3.63) is 18.2 Å². The van der Waals surface area contributed by atoms with Crippen LogP contribution in [0.15, 0.2) is 18.2 Å². The molecule has 5 nitrogen and oxygen atoms in total. The third-order valence-corrected chi connectivity index (χ3v) is 2.75. The summed E-state index contributed by atoms with van der Waals surface area (Å²) in [6.45, 7) is -0.0214. The average molecular weight is 290 g/mol. The minimum absolute atomic E-state index is 0.164. The molecule has 1 aliphatic rings. The quantitative estimate of drug-likeness (QED) is 0.886. The maximum atomic E-state index is 12.1. The number of ether oxygens (including phenoxy) is 2. The highest BCUT2D eigenvalue weighted by Crippen LogP contribution is 2.32. The largest absolute Gasteiger partial charge is 0.497 e. The third-order valence-electron chi connectivity index (χ3n) is 2.75. The van der Waals surface area contributed by atoms with E-state index in [9.17, 15) is 18.0 Å². The normalized spacial score (nSPS) is 17.5. The molecule has 0 spiro atoms. The highest BCUT2D eigenvalue weighted by Gasteiger charge is 2.38. The molecule has 1 aliphatic heterocycles. The van der Waals surface area contributed by atoms with Crippen LogP contribution in [0.2, 0.25) is 0 Å². The van der Waals surface area contributed by atoms with Gasteiger partial charge in [-0.3, -0.25) is 4.79 Å². The molecule has 1 unspecified atom stereocenters. The first kappa shape index (κ1) is 14.3. The van der Waals surface area contributed by atoms with Crippen molar-refractivity contribution in [3.8, 4) is 11.5 Å². The van der Waals surface area contributed by atoms with Gasteiger partial charge in [0.25, 0.3) is 0 Å². The second-order valence-corrected chi connectivity index (χ2v) is 4.22. The summed E-state index contributed by atoms with van der Waals surface area (Å²) >= 11 is 0. The molecule has 20 heavy (non-hydrogen) atoms. The van der Waals surface area contributed by atoms with Crippen LogP contribution in [0.4, 0.5) is 18.9 Å². The predicted octanol–water partition coefficient (Wildman–Crippen LogP) is 1.55. The van der Waals surface area contributed by atoms with E-state index in [2.05, 4.69) is 5.32 Å².